The zero-order chi connectivity index (χ0) is 17.2. The topological polar surface area (TPSA) is 62.6 Å². The van der Waals surface area contributed by atoms with Crippen molar-refractivity contribution < 1.29 is 9.53 Å². The maximum absolute atomic E-state index is 12.5. The Balaban J connectivity index is 1.53. The van der Waals surface area contributed by atoms with E-state index in [-0.39, 0.29) is 11.6 Å². The van der Waals surface area contributed by atoms with E-state index in [1.54, 1.807) is 7.11 Å². The number of methoxy groups -OCH3 is 1. The van der Waals surface area contributed by atoms with E-state index in [0.717, 1.165) is 39.1 Å². The van der Waals surface area contributed by atoms with Crippen LogP contribution in [0.5, 0.6) is 0 Å². The van der Waals surface area contributed by atoms with Gasteiger partial charge in [-0.3, -0.25) is 14.9 Å². The van der Waals surface area contributed by atoms with Gasteiger partial charge in [-0.05, 0) is 33.1 Å². The summed E-state index contributed by atoms with van der Waals surface area (Å²) in [6, 6.07) is 1.96. The molecule has 0 radical (unpaired) electrons. The lowest BCUT2D eigenvalue weighted by molar-refractivity contribution is 0.0103. The number of carbonyl (C=O) groups is 1. The average molecular weight is 335 g/mol. The lowest BCUT2D eigenvalue weighted by Gasteiger charge is -2.43. The average Bonchev–Trinajstić information content (AvgIpc) is 2.97. The molecular weight excluding hydrogens is 306 g/mol. The second-order valence-electron chi connectivity index (χ2n) is 7.35. The summed E-state index contributed by atoms with van der Waals surface area (Å²) in [6.07, 6.45) is 3.43. The Morgan fingerprint density at radius 3 is 2.67 bits per heavy atom. The van der Waals surface area contributed by atoms with Gasteiger partial charge >= 0.3 is 6.03 Å². The monoisotopic (exact) mass is 335 g/mol. The molecule has 1 N–H and O–H groups in total. The quantitative estimate of drug-likeness (QED) is 0.911. The lowest BCUT2D eigenvalue weighted by Crippen LogP contribution is -2.57. The first-order valence-corrected chi connectivity index (χ1v) is 8.86. The first-order valence-electron chi connectivity index (χ1n) is 8.86. The normalized spacial score (nSPS) is 19.2. The predicted octanol–water partition coefficient (Wildman–Crippen LogP) is 1.79. The van der Waals surface area contributed by atoms with Crippen molar-refractivity contribution in [3.8, 4) is 0 Å². The van der Waals surface area contributed by atoms with Crippen LogP contribution >= 0.6 is 0 Å². The highest BCUT2D eigenvalue weighted by Gasteiger charge is 2.31. The number of amides is 2. The Morgan fingerprint density at radius 1 is 1.25 bits per heavy atom. The van der Waals surface area contributed by atoms with Gasteiger partial charge in [0.25, 0.3) is 0 Å². The van der Waals surface area contributed by atoms with E-state index < -0.39 is 0 Å². The summed E-state index contributed by atoms with van der Waals surface area (Å²) in [5, 5.41) is 7.45. The van der Waals surface area contributed by atoms with Crippen molar-refractivity contribution in [3.63, 3.8) is 0 Å². The summed E-state index contributed by atoms with van der Waals surface area (Å²) in [7, 11) is 1.73. The highest BCUT2D eigenvalue weighted by molar-refractivity contribution is 5.88. The van der Waals surface area contributed by atoms with Crippen LogP contribution in [0, 0.1) is 0 Å². The molecule has 3 rings (SSSR count). The Hall–Kier alpha value is -1.60. The smallest absolute Gasteiger partial charge is 0.323 e. The molecule has 0 spiro atoms. The second kappa shape index (κ2) is 7.11. The molecule has 2 amide bonds. The molecule has 2 aliphatic rings. The number of nitrogens with one attached hydrogen (secondary N) is 1. The maximum atomic E-state index is 12.5. The van der Waals surface area contributed by atoms with Gasteiger partial charge in [0.1, 0.15) is 0 Å². The van der Waals surface area contributed by atoms with E-state index in [4.69, 9.17) is 4.74 Å². The standard InChI is InChI=1S/C17H29N5O2/c1-17(2,13-24-3)21-10-8-20(9-11-21)16(23)18-15-12-14-6-4-5-7-22(14)19-15/h12H,4-11,13H2,1-3H3,(H,18,19,23). The van der Waals surface area contributed by atoms with Gasteiger partial charge in [0.15, 0.2) is 5.82 Å². The number of aryl methyl sites for hydroxylation is 2. The molecule has 1 saturated heterocycles. The van der Waals surface area contributed by atoms with Crippen molar-refractivity contribution in [2.45, 2.75) is 45.2 Å². The summed E-state index contributed by atoms with van der Waals surface area (Å²) in [4.78, 5) is 16.7. The van der Waals surface area contributed by atoms with Crippen molar-refractivity contribution >= 4 is 11.8 Å². The third-order valence-corrected chi connectivity index (χ3v) is 5.07. The summed E-state index contributed by atoms with van der Waals surface area (Å²) >= 11 is 0. The van der Waals surface area contributed by atoms with Crippen LogP contribution in [0.4, 0.5) is 10.6 Å². The molecule has 3 heterocycles. The fraction of sp³-hybridized carbons (Fsp3) is 0.765. The van der Waals surface area contributed by atoms with Crippen LogP contribution in [-0.2, 0) is 17.7 Å². The fourth-order valence-corrected chi connectivity index (χ4v) is 3.63. The molecule has 0 bridgehead atoms. The van der Waals surface area contributed by atoms with Gasteiger partial charge in [0.2, 0.25) is 0 Å². The molecule has 2 aliphatic heterocycles. The molecule has 0 unspecified atom stereocenters. The van der Waals surface area contributed by atoms with E-state index in [2.05, 4.69) is 29.2 Å². The van der Waals surface area contributed by atoms with E-state index in [1.165, 1.54) is 18.5 Å². The molecular formula is C17H29N5O2. The Labute approximate surface area is 143 Å². The van der Waals surface area contributed by atoms with E-state index in [0.29, 0.717) is 12.4 Å². The van der Waals surface area contributed by atoms with Crippen LogP contribution in [0.25, 0.3) is 0 Å². The van der Waals surface area contributed by atoms with Gasteiger partial charge in [-0.1, -0.05) is 0 Å². The molecule has 0 aromatic carbocycles. The molecule has 1 aromatic rings. The number of hydrogen-bond donors (Lipinski definition) is 1. The minimum Gasteiger partial charge on any atom is -0.383 e. The zero-order valence-electron chi connectivity index (χ0n) is 15.0. The van der Waals surface area contributed by atoms with E-state index in [1.807, 2.05) is 15.6 Å². The van der Waals surface area contributed by atoms with E-state index >= 15 is 0 Å². The van der Waals surface area contributed by atoms with Gasteiger partial charge < -0.3 is 9.64 Å². The molecule has 1 fully saturated rings. The van der Waals surface area contributed by atoms with Gasteiger partial charge in [-0.15, -0.1) is 0 Å². The number of urea groups is 1. The van der Waals surface area contributed by atoms with Gasteiger partial charge in [0, 0.05) is 57.1 Å². The minimum absolute atomic E-state index is 0.000242. The molecule has 0 saturated carbocycles. The number of rotatable bonds is 4. The van der Waals surface area contributed by atoms with Crippen molar-refractivity contribution in [2.24, 2.45) is 0 Å². The number of fused-ring (bicyclic) bond motifs is 1. The first kappa shape index (κ1) is 17.2. The molecule has 24 heavy (non-hydrogen) atoms. The van der Waals surface area contributed by atoms with Crippen LogP contribution in [0.15, 0.2) is 6.07 Å². The molecule has 0 atom stereocenters. The predicted molar refractivity (Wildman–Crippen MR) is 93.3 cm³/mol. The first-order chi connectivity index (χ1) is 11.5. The summed E-state index contributed by atoms with van der Waals surface area (Å²) in [5.74, 6) is 0.680. The number of anilines is 1. The van der Waals surface area contributed by atoms with Crippen LogP contribution in [0.1, 0.15) is 32.4 Å². The molecule has 134 valence electrons. The SMILES string of the molecule is COCC(C)(C)N1CCN(C(=O)Nc2cc3n(n2)CCCC3)CC1. The molecule has 0 aliphatic carbocycles. The number of aromatic nitrogens is 2. The number of nitrogens with zero attached hydrogens (tertiary/aromatic N) is 4. The van der Waals surface area contributed by atoms with Crippen LogP contribution in [-0.4, -0.2) is 71.0 Å². The van der Waals surface area contributed by atoms with E-state index in [9.17, 15) is 4.79 Å². The van der Waals surface area contributed by atoms with Gasteiger partial charge in [0.05, 0.1) is 6.61 Å². The van der Waals surface area contributed by atoms with Gasteiger partial charge in [-0.2, -0.15) is 5.10 Å². The Morgan fingerprint density at radius 2 is 2.00 bits per heavy atom. The summed E-state index contributed by atoms with van der Waals surface area (Å²) < 4.78 is 7.33. The number of ether oxygens (including phenoxy) is 1. The van der Waals surface area contributed by atoms with Crippen LogP contribution < -0.4 is 5.32 Å². The van der Waals surface area contributed by atoms with Crippen molar-refractivity contribution in [1.82, 2.24) is 19.6 Å². The number of hydrogen-bond acceptors (Lipinski definition) is 4. The van der Waals surface area contributed by atoms with Gasteiger partial charge in [-0.25, -0.2) is 4.79 Å². The third-order valence-electron chi connectivity index (χ3n) is 5.07. The minimum atomic E-state index is -0.0466. The fourth-order valence-electron chi connectivity index (χ4n) is 3.63. The molecule has 7 nitrogen and oxygen atoms in total. The van der Waals surface area contributed by atoms with Crippen molar-refractivity contribution in [3.05, 3.63) is 11.8 Å². The highest BCUT2D eigenvalue weighted by atomic mass is 16.5. The Bertz CT molecular complexity index is 552. The maximum Gasteiger partial charge on any atom is 0.323 e. The summed E-state index contributed by atoms with van der Waals surface area (Å²) in [6.45, 7) is 9.20. The number of piperazine rings is 1. The largest absolute Gasteiger partial charge is 0.383 e. The Kier molecular flexibility index (Phi) is 5.10. The summed E-state index contributed by atoms with van der Waals surface area (Å²) in [5.41, 5.74) is 1.22. The van der Waals surface area contributed by atoms with Crippen molar-refractivity contribution in [2.75, 3.05) is 45.2 Å². The molecule has 1 aromatic heterocycles. The highest BCUT2D eigenvalue weighted by Crippen LogP contribution is 2.20. The zero-order valence-corrected chi connectivity index (χ0v) is 15.0. The second-order valence-corrected chi connectivity index (χ2v) is 7.35. The van der Waals surface area contributed by atoms with Crippen LogP contribution in [0.3, 0.4) is 0 Å². The number of carbonyl (C=O) groups excluding carboxylic acids is 1. The molecule has 7 heteroatoms. The van der Waals surface area contributed by atoms with Crippen LogP contribution in [0.2, 0.25) is 0 Å². The lowest BCUT2D eigenvalue weighted by atomic mass is 10.0. The van der Waals surface area contributed by atoms with Crippen molar-refractivity contribution in [1.29, 1.82) is 0 Å². The third kappa shape index (κ3) is 3.72.